The lowest BCUT2D eigenvalue weighted by Crippen LogP contribution is -2.40. The Morgan fingerprint density at radius 1 is 1.21 bits per heavy atom. The van der Waals surface area contributed by atoms with Crippen molar-refractivity contribution in [3.05, 3.63) is 68.9 Å². The summed E-state index contributed by atoms with van der Waals surface area (Å²) in [6.45, 7) is 8.70. The summed E-state index contributed by atoms with van der Waals surface area (Å²) in [5.41, 5.74) is 2.70. The molecule has 28 heavy (non-hydrogen) atoms. The van der Waals surface area contributed by atoms with Crippen LogP contribution in [0.25, 0.3) is 11.2 Å². The summed E-state index contributed by atoms with van der Waals surface area (Å²) in [6.07, 6.45) is 0. The molecule has 1 aliphatic heterocycles. The van der Waals surface area contributed by atoms with E-state index in [4.69, 9.17) is 0 Å². The Bertz CT molecular complexity index is 1230. The maximum atomic E-state index is 13.1. The fraction of sp³-hybridized carbons (Fsp3) is 0.300. The van der Waals surface area contributed by atoms with Crippen molar-refractivity contribution in [1.29, 1.82) is 0 Å². The molecule has 3 aromatic rings. The van der Waals surface area contributed by atoms with Crippen LogP contribution in [0.1, 0.15) is 19.4 Å². The third-order valence-corrected chi connectivity index (χ3v) is 4.72. The molecule has 0 bridgehead atoms. The molecule has 8 heteroatoms. The van der Waals surface area contributed by atoms with E-state index in [2.05, 4.69) is 16.7 Å². The Kier molecular flexibility index (Phi) is 4.26. The average Bonchev–Trinajstić information content (AvgIpc) is 3.04. The molecule has 3 heterocycles. The van der Waals surface area contributed by atoms with Crippen LogP contribution in [0.3, 0.4) is 0 Å². The predicted molar refractivity (Wildman–Crippen MR) is 110 cm³/mol. The number of fused-ring (bicyclic) bond motifs is 3. The van der Waals surface area contributed by atoms with Gasteiger partial charge in [-0.15, -0.1) is 0 Å². The van der Waals surface area contributed by atoms with E-state index >= 15 is 0 Å². The zero-order valence-corrected chi connectivity index (χ0v) is 16.2. The lowest BCUT2D eigenvalue weighted by atomic mass is 10.2. The number of hydrogen-bond donors (Lipinski definition) is 0. The Labute approximate surface area is 161 Å². The largest absolute Gasteiger partial charge is 0.332 e. The van der Waals surface area contributed by atoms with Gasteiger partial charge in [-0.05, 0) is 19.4 Å². The minimum absolute atomic E-state index is 0.183. The van der Waals surface area contributed by atoms with Gasteiger partial charge in [0, 0.05) is 7.05 Å². The summed E-state index contributed by atoms with van der Waals surface area (Å²) in [5.74, 6) is 0.560. The number of allylic oxidation sites excluding steroid dienone is 1. The smallest absolute Gasteiger partial charge is 0.297 e. The molecule has 1 aliphatic rings. The SMILES string of the molecule is C=C(C)Cn1c(=O)c2c(nc3n2CC(C)=NN3Cc2ccccc2)n(C)c1=O. The molecule has 0 spiro atoms. The zero-order valence-electron chi connectivity index (χ0n) is 16.2. The number of hydrazone groups is 1. The number of anilines is 1. The quantitative estimate of drug-likeness (QED) is 0.650. The van der Waals surface area contributed by atoms with Crippen molar-refractivity contribution >= 4 is 22.8 Å². The van der Waals surface area contributed by atoms with Crippen LogP contribution in [0.4, 0.5) is 5.95 Å². The number of imidazole rings is 1. The number of aryl methyl sites for hydroxylation is 1. The van der Waals surface area contributed by atoms with Gasteiger partial charge in [-0.25, -0.2) is 9.80 Å². The van der Waals surface area contributed by atoms with Crippen LogP contribution in [-0.2, 0) is 26.7 Å². The highest BCUT2D eigenvalue weighted by molar-refractivity contribution is 5.87. The van der Waals surface area contributed by atoms with E-state index in [9.17, 15) is 9.59 Å². The van der Waals surface area contributed by atoms with Crippen molar-refractivity contribution in [3.63, 3.8) is 0 Å². The maximum Gasteiger partial charge on any atom is 0.332 e. The van der Waals surface area contributed by atoms with E-state index in [0.717, 1.165) is 16.8 Å². The normalized spacial score (nSPS) is 13.5. The molecule has 0 fully saturated rings. The van der Waals surface area contributed by atoms with Gasteiger partial charge in [0.15, 0.2) is 11.2 Å². The molecule has 0 saturated heterocycles. The highest BCUT2D eigenvalue weighted by Crippen LogP contribution is 2.25. The molecule has 0 atom stereocenters. The number of aromatic nitrogens is 4. The van der Waals surface area contributed by atoms with Crippen LogP contribution in [0.2, 0.25) is 0 Å². The van der Waals surface area contributed by atoms with Crippen LogP contribution in [0.15, 0.2) is 57.2 Å². The molecule has 0 amide bonds. The summed E-state index contributed by atoms with van der Waals surface area (Å²) in [7, 11) is 1.63. The maximum absolute atomic E-state index is 13.1. The standard InChI is InChI=1S/C20H22N6O2/c1-13(2)10-25-18(27)16-17(23(4)20(25)28)21-19-24(16)11-14(3)22-26(19)12-15-8-6-5-7-9-15/h5-9H,1,10-12H2,2-4H3. The zero-order chi connectivity index (χ0) is 20.0. The van der Waals surface area contributed by atoms with Crippen molar-refractivity contribution in [2.75, 3.05) is 5.01 Å². The fourth-order valence-corrected chi connectivity index (χ4v) is 3.49. The van der Waals surface area contributed by atoms with Gasteiger partial charge in [-0.1, -0.05) is 42.5 Å². The molecule has 1 aromatic carbocycles. The Balaban J connectivity index is 1.93. The second kappa shape index (κ2) is 6.63. The van der Waals surface area contributed by atoms with Gasteiger partial charge in [0.25, 0.3) is 5.56 Å². The van der Waals surface area contributed by atoms with Gasteiger partial charge < -0.3 is 0 Å². The molecule has 0 radical (unpaired) electrons. The van der Waals surface area contributed by atoms with E-state index in [-0.39, 0.29) is 12.1 Å². The molecular formula is C20H22N6O2. The Hall–Kier alpha value is -3.42. The van der Waals surface area contributed by atoms with E-state index in [1.807, 2.05) is 41.8 Å². The van der Waals surface area contributed by atoms with Gasteiger partial charge >= 0.3 is 5.69 Å². The highest BCUT2D eigenvalue weighted by Gasteiger charge is 2.26. The first-order chi connectivity index (χ1) is 13.4. The van der Waals surface area contributed by atoms with E-state index in [1.54, 1.807) is 19.0 Å². The number of benzene rings is 1. The summed E-state index contributed by atoms with van der Waals surface area (Å²) >= 11 is 0. The first-order valence-corrected chi connectivity index (χ1v) is 9.07. The molecule has 0 N–H and O–H groups in total. The van der Waals surface area contributed by atoms with Crippen LogP contribution in [0, 0.1) is 0 Å². The highest BCUT2D eigenvalue weighted by atomic mass is 16.2. The molecular weight excluding hydrogens is 356 g/mol. The summed E-state index contributed by atoms with van der Waals surface area (Å²) in [6, 6.07) is 9.94. The Morgan fingerprint density at radius 2 is 1.93 bits per heavy atom. The summed E-state index contributed by atoms with van der Waals surface area (Å²) < 4.78 is 4.47. The van der Waals surface area contributed by atoms with Gasteiger partial charge in [0.2, 0.25) is 5.95 Å². The van der Waals surface area contributed by atoms with Gasteiger partial charge in [0.05, 0.1) is 25.3 Å². The lowest BCUT2D eigenvalue weighted by molar-refractivity contribution is 0.648. The third kappa shape index (κ3) is 2.87. The number of hydrogen-bond acceptors (Lipinski definition) is 5. The third-order valence-electron chi connectivity index (χ3n) is 4.72. The molecule has 0 unspecified atom stereocenters. The van der Waals surface area contributed by atoms with E-state index in [1.165, 1.54) is 9.13 Å². The second-order valence-corrected chi connectivity index (χ2v) is 7.24. The fourth-order valence-electron chi connectivity index (χ4n) is 3.49. The number of nitrogens with zero attached hydrogens (tertiary/aromatic N) is 6. The monoisotopic (exact) mass is 378 g/mol. The number of rotatable bonds is 4. The predicted octanol–water partition coefficient (Wildman–Crippen LogP) is 1.87. The van der Waals surface area contributed by atoms with Gasteiger partial charge in [-0.3, -0.25) is 18.5 Å². The van der Waals surface area contributed by atoms with Crippen LogP contribution >= 0.6 is 0 Å². The second-order valence-electron chi connectivity index (χ2n) is 7.24. The lowest BCUT2D eigenvalue weighted by Gasteiger charge is -2.24. The minimum Gasteiger partial charge on any atom is -0.297 e. The summed E-state index contributed by atoms with van der Waals surface area (Å²) in [4.78, 5) is 30.4. The molecule has 0 aliphatic carbocycles. The van der Waals surface area contributed by atoms with Crippen LogP contribution in [0.5, 0.6) is 0 Å². The molecule has 8 nitrogen and oxygen atoms in total. The van der Waals surface area contributed by atoms with E-state index < -0.39 is 5.69 Å². The van der Waals surface area contributed by atoms with Crippen molar-refractivity contribution in [3.8, 4) is 0 Å². The molecule has 0 saturated carbocycles. The van der Waals surface area contributed by atoms with Gasteiger partial charge in [0.1, 0.15) is 0 Å². The van der Waals surface area contributed by atoms with Crippen molar-refractivity contribution in [2.45, 2.75) is 33.5 Å². The van der Waals surface area contributed by atoms with Crippen LogP contribution in [-0.4, -0.2) is 24.4 Å². The minimum atomic E-state index is -0.400. The van der Waals surface area contributed by atoms with Crippen LogP contribution < -0.4 is 16.3 Å². The molecule has 144 valence electrons. The van der Waals surface area contributed by atoms with E-state index in [0.29, 0.717) is 30.2 Å². The van der Waals surface area contributed by atoms with Crippen molar-refractivity contribution < 1.29 is 0 Å². The van der Waals surface area contributed by atoms with Gasteiger partial charge in [-0.2, -0.15) is 10.1 Å². The first-order valence-electron chi connectivity index (χ1n) is 9.07. The Morgan fingerprint density at radius 3 is 2.61 bits per heavy atom. The van der Waals surface area contributed by atoms with Crippen molar-refractivity contribution in [1.82, 2.24) is 18.7 Å². The summed E-state index contributed by atoms with van der Waals surface area (Å²) in [5, 5.41) is 6.40. The average molecular weight is 378 g/mol. The first kappa shape index (κ1) is 18.0. The topological polar surface area (TPSA) is 77.4 Å². The van der Waals surface area contributed by atoms with Crippen molar-refractivity contribution in [2.24, 2.45) is 12.1 Å². The molecule has 2 aromatic heterocycles. The molecule has 4 rings (SSSR count).